The molecule has 0 fully saturated rings. The van der Waals surface area contributed by atoms with Crippen molar-refractivity contribution in [3.63, 3.8) is 0 Å². The average molecular weight is 381 g/mol. The molecule has 0 spiro atoms. The van der Waals surface area contributed by atoms with Crippen molar-refractivity contribution in [2.24, 2.45) is 0 Å². The molecule has 5 nitrogen and oxygen atoms in total. The summed E-state index contributed by atoms with van der Waals surface area (Å²) in [6.07, 6.45) is 0.226. The molecule has 3 aromatic rings. The second-order valence-electron chi connectivity index (χ2n) is 7.63. The number of amides is 1. The van der Waals surface area contributed by atoms with E-state index < -0.39 is 0 Å². The van der Waals surface area contributed by atoms with Crippen molar-refractivity contribution in [2.45, 2.75) is 32.6 Å². The van der Waals surface area contributed by atoms with Gasteiger partial charge >= 0.3 is 0 Å². The van der Waals surface area contributed by atoms with E-state index in [4.69, 9.17) is 4.74 Å². The van der Waals surface area contributed by atoms with E-state index >= 15 is 0 Å². The van der Waals surface area contributed by atoms with Crippen molar-refractivity contribution < 1.29 is 13.9 Å². The first-order valence-electron chi connectivity index (χ1n) is 9.05. The molecule has 1 heterocycles. The number of nitrogens with zero attached hydrogens (tertiary/aromatic N) is 2. The van der Waals surface area contributed by atoms with Gasteiger partial charge in [-0.2, -0.15) is 5.10 Å². The van der Waals surface area contributed by atoms with Gasteiger partial charge in [-0.1, -0.05) is 32.9 Å². The summed E-state index contributed by atoms with van der Waals surface area (Å²) in [6, 6.07) is 15.2. The Morgan fingerprint density at radius 1 is 1.11 bits per heavy atom. The Bertz CT molecular complexity index is 955. The lowest BCUT2D eigenvalue weighted by Gasteiger charge is -2.14. The van der Waals surface area contributed by atoms with Gasteiger partial charge < -0.3 is 10.1 Å². The summed E-state index contributed by atoms with van der Waals surface area (Å²) in [4.78, 5) is 12.6. The Kier molecular flexibility index (Phi) is 5.49. The van der Waals surface area contributed by atoms with Crippen LogP contribution in [0.3, 0.4) is 0 Å². The number of methoxy groups -OCH3 is 1. The van der Waals surface area contributed by atoms with Crippen molar-refractivity contribution >= 4 is 11.7 Å². The van der Waals surface area contributed by atoms with E-state index in [1.165, 1.54) is 12.1 Å². The van der Waals surface area contributed by atoms with E-state index in [0.29, 0.717) is 11.5 Å². The Morgan fingerprint density at radius 3 is 2.32 bits per heavy atom. The fourth-order valence-corrected chi connectivity index (χ4v) is 2.73. The van der Waals surface area contributed by atoms with Crippen LogP contribution in [-0.2, 0) is 16.6 Å². The van der Waals surface area contributed by atoms with Crippen LogP contribution in [0, 0.1) is 5.82 Å². The molecule has 6 heteroatoms. The maximum absolute atomic E-state index is 13.3. The highest BCUT2D eigenvalue weighted by Gasteiger charge is 2.21. The van der Waals surface area contributed by atoms with Crippen LogP contribution in [-0.4, -0.2) is 22.8 Å². The second-order valence-corrected chi connectivity index (χ2v) is 7.63. The summed E-state index contributed by atoms with van der Waals surface area (Å²) in [7, 11) is 1.60. The number of anilines is 1. The predicted molar refractivity (Wildman–Crippen MR) is 108 cm³/mol. The summed E-state index contributed by atoms with van der Waals surface area (Å²) in [5.41, 5.74) is 2.19. The topological polar surface area (TPSA) is 56.1 Å². The molecule has 0 bridgehead atoms. The molecule has 2 aromatic carbocycles. The van der Waals surface area contributed by atoms with Crippen molar-refractivity contribution in [1.29, 1.82) is 0 Å². The van der Waals surface area contributed by atoms with Crippen LogP contribution in [0.15, 0.2) is 54.6 Å². The molecule has 0 saturated carbocycles. The second kappa shape index (κ2) is 7.84. The van der Waals surface area contributed by atoms with E-state index in [9.17, 15) is 9.18 Å². The first kappa shape index (κ1) is 19.6. The van der Waals surface area contributed by atoms with Crippen molar-refractivity contribution in [1.82, 2.24) is 9.78 Å². The number of benzene rings is 2. The minimum Gasteiger partial charge on any atom is -0.497 e. The number of carbonyl (C=O) groups excluding carboxylic acids is 1. The van der Waals surface area contributed by atoms with Crippen LogP contribution >= 0.6 is 0 Å². The molecule has 0 unspecified atom stereocenters. The van der Waals surface area contributed by atoms with Crippen LogP contribution < -0.4 is 10.1 Å². The number of hydrogen-bond donors (Lipinski definition) is 1. The van der Waals surface area contributed by atoms with E-state index in [2.05, 4.69) is 10.4 Å². The summed E-state index contributed by atoms with van der Waals surface area (Å²) < 4.78 is 20.1. The number of ether oxygens (including phenoxy) is 1. The zero-order valence-electron chi connectivity index (χ0n) is 16.5. The first-order chi connectivity index (χ1) is 13.3. The molecule has 0 aliphatic rings. The molecule has 0 radical (unpaired) electrons. The number of halogens is 1. The standard InChI is InChI=1S/C22H24FN3O2/c1-22(2,3)19-14-20(26(25-19)17-9-7-16(23)8-10-17)24-21(27)13-15-5-11-18(28-4)12-6-15/h5-12,14H,13H2,1-4H3,(H,24,27). The third kappa shape index (κ3) is 4.57. The van der Waals surface area contributed by atoms with Crippen molar-refractivity contribution in [3.8, 4) is 11.4 Å². The maximum atomic E-state index is 13.3. The maximum Gasteiger partial charge on any atom is 0.229 e. The number of rotatable bonds is 5. The third-order valence-corrected chi connectivity index (χ3v) is 4.34. The van der Waals surface area contributed by atoms with Crippen LogP contribution in [0.25, 0.3) is 5.69 Å². The van der Waals surface area contributed by atoms with Gasteiger partial charge in [0.2, 0.25) is 5.91 Å². The van der Waals surface area contributed by atoms with Gasteiger partial charge in [0.25, 0.3) is 0 Å². The van der Waals surface area contributed by atoms with Gasteiger partial charge in [-0.15, -0.1) is 0 Å². The third-order valence-electron chi connectivity index (χ3n) is 4.34. The van der Waals surface area contributed by atoms with Crippen LogP contribution in [0.2, 0.25) is 0 Å². The van der Waals surface area contributed by atoms with Gasteiger partial charge in [0.05, 0.1) is 24.9 Å². The molecule has 28 heavy (non-hydrogen) atoms. The number of carbonyl (C=O) groups is 1. The van der Waals surface area contributed by atoms with Gasteiger partial charge in [-0.25, -0.2) is 9.07 Å². The molecule has 0 aliphatic carbocycles. The molecule has 0 aliphatic heterocycles. The molecule has 3 rings (SSSR count). The number of hydrogen-bond acceptors (Lipinski definition) is 3. The number of aromatic nitrogens is 2. The number of nitrogens with one attached hydrogen (secondary N) is 1. The lowest BCUT2D eigenvalue weighted by Crippen LogP contribution is -2.17. The highest BCUT2D eigenvalue weighted by molar-refractivity contribution is 5.91. The highest BCUT2D eigenvalue weighted by Crippen LogP contribution is 2.26. The Morgan fingerprint density at radius 2 is 1.75 bits per heavy atom. The SMILES string of the molecule is COc1ccc(CC(=O)Nc2cc(C(C)(C)C)nn2-c2ccc(F)cc2)cc1. The molecule has 146 valence electrons. The summed E-state index contributed by atoms with van der Waals surface area (Å²) in [5.74, 6) is 0.814. The Balaban J connectivity index is 1.85. The van der Waals surface area contributed by atoms with Gasteiger partial charge in [0.1, 0.15) is 17.4 Å². The molecule has 1 amide bonds. The van der Waals surface area contributed by atoms with Gasteiger partial charge in [-0.3, -0.25) is 4.79 Å². The van der Waals surface area contributed by atoms with E-state index in [0.717, 1.165) is 17.0 Å². The molecular formula is C22H24FN3O2. The summed E-state index contributed by atoms with van der Waals surface area (Å²) in [5, 5.41) is 7.56. The van der Waals surface area contributed by atoms with E-state index in [1.807, 2.05) is 51.1 Å². The van der Waals surface area contributed by atoms with Crippen molar-refractivity contribution in [2.75, 3.05) is 12.4 Å². The summed E-state index contributed by atoms with van der Waals surface area (Å²) in [6.45, 7) is 6.15. The van der Waals surface area contributed by atoms with E-state index in [-0.39, 0.29) is 23.6 Å². The monoisotopic (exact) mass is 381 g/mol. The fraction of sp³-hybridized carbons (Fsp3) is 0.273. The molecular weight excluding hydrogens is 357 g/mol. The predicted octanol–water partition coefficient (Wildman–Crippen LogP) is 4.50. The fourth-order valence-electron chi connectivity index (χ4n) is 2.73. The lowest BCUT2D eigenvalue weighted by molar-refractivity contribution is -0.115. The van der Waals surface area contributed by atoms with Gasteiger partial charge in [0, 0.05) is 11.5 Å². The minimum atomic E-state index is -0.322. The minimum absolute atomic E-state index is 0.158. The Labute approximate surface area is 164 Å². The Hall–Kier alpha value is -3.15. The zero-order chi connectivity index (χ0) is 20.3. The molecule has 0 atom stereocenters. The zero-order valence-corrected chi connectivity index (χ0v) is 16.5. The van der Waals surface area contributed by atoms with Crippen LogP contribution in [0.5, 0.6) is 5.75 Å². The molecule has 1 aromatic heterocycles. The largest absolute Gasteiger partial charge is 0.497 e. The average Bonchev–Trinajstić information content (AvgIpc) is 3.07. The van der Waals surface area contributed by atoms with E-state index in [1.54, 1.807) is 23.9 Å². The van der Waals surface area contributed by atoms with Crippen LogP contribution in [0.4, 0.5) is 10.2 Å². The van der Waals surface area contributed by atoms with Gasteiger partial charge in [0.15, 0.2) is 0 Å². The quantitative estimate of drug-likeness (QED) is 0.708. The van der Waals surface area contributed by atoms with Crippen LogP contribution in [0.1, 0.15) is 32.0 Å². The molecule has 1 N–H and O–H groups in total. The normalized spacial score (nSPS) is 11.3. The summed E-state index contributed by atoms with van der Waals surface area (Å²) >= 11 is 0. The molecule has 0 saturated heterocycles. The smallest absolute Gasteiger partial charge is 0.229 e. The van der Waals surface area contributed by atoms with Crippen molar-refractivity contribution in [3.05, 3.63) is 71.7 Å². The van der Waals surface area contributed by atoms with Gasteiger partial charge in [-0.05, 0) is 42.0 Å². The highest BCUT2D eigenvalue weighted by atomic mass is 19.1. The first-order valence-corrected chi connectivity index (χ1v) is 9.05. The lowest BCUT2D eigenvalue weighted by atomic mass is 9.92.